The van der Waals surface area contributed by atoms with Crippen molar-refractivity contribution < 1.29 is 31.9 Å². The Balaban J connectivity index is 2.02. The lowest BCUT2D eigenvalue weighted by atomic mass is 9.93. The molecule has 1 aliphatic rings. The molecule has 2 heterocycles. The summed E-state index contributed by atoms with van der Waals surface area (Å²) in [6.07, 6.45) is -5.60. The van der Waals surface area contributed by atoms with E-state index in [9.17, 15) is 26.7 Å². The molecule has 1 aromatic carbocycles. The molecule has 1 amide bonds. The van der Waals surface area contributed by atoms with Gasteiger partial charge >= 0.3 is 12.3 Å². The predicted octanol–water partition coefficient (Wildman–Crippen LogP) is 4.15. The van der Waals surface area contributed by atoms with Crippen molar-refractivity contribution in [2.24, 2.45) is 0 Å². The van der Waals surface area contributed by atoms with Crippen LogP contribution in [-0.2, 0) is 13.0 Å². The normalized spacial score (nSPS) is 20.0. The number of nitrogens with one attached hydrogen (secondary N) is 1. The fourth-order valence-electron chi connectivity index (χ4n) is 3.45. The maximum Gasteiger partial charge on any atom is 0.405 e. The van der Waals surface area contributed by atoms with Gasteiger partial charge < -0.3 is 15.0 Å². The number of imidazole rings is 1. The molecule has 0 unspecified atom stereocenters. The van der Waals surface area contributed by atoms with Crippen molar-refractivity contribution >= 4 is 6.09 Å². The Hall–Kier alpha value is -2.65. The standard InChI is InChI=1S/C17H16F5N3O2/c18-12-3-1-2-11(14(12)19)9-4-5-13(24-16(26)27)15-23-7-10(25(15)8-9)6-17(20,21)22/h1-3,7,9,13,24H,4-6,8H2,(H,26,27)/t9-,13-/m1/s1. The van der Waals surface area contributed by atoms with Gasteiger partial charge in [-0.15, -0.1) is 0 Å². The van der Waals surface area contributed by atoms with Crippen molar-refractivity contribution in [1.82, 2.24) is 14.9 Å². The summed E-state index contributed by atoms with van der Waals surface area (Å²) in [4.78, 5) is 15.0. The lowest BCUT2D eigenvalue weighted by Crippen LogP contribution is -2.28. The Morgan fingerprint density at radius 2 is 2.04 bits per heavy atom. The number of carboxylic acid groups (broad SMARTS) is 1. The van der Waals surface area contributed by atoms with Gasteiger partial charge in [0, 0.05) is 24.4 Å². The number of hydrogen-bond acceptors (Lipinski definition) is 2. The minimum atomic E-state index is -4.49. The predicted molar refractivity (Wildman–Crippen MR) is 84.2 cm³/mol. The van der Waals surface area contributed by atoms with Crippen LogP contribution in [0.2, 0.25) is 0 Å². The smallest absolute Gasteiger partial charge is 0.405 e. The monoisotopic (exact) mass is 389 g/mol. The van der Waals surface area contributed by atoms with Crippen LogP contribution in [0.3, 0.4) is 0 Å². The molecule has 1 aromatic heterocycles. The molecule has 1 aliphatic heterocycles. The number of benzene rings is 1. The van der Waals surface area contributed by atoms with Gasteiger partial charge in [-0.2, -0.15) is 13.2 Å². The maximum atomic E-state index is 14.2. The number of aromatic nitrogens is 2. The topological polar surface area (TPSA) is 67.2 Å². The highest BCUT2D eigenvalue weighted by Gasteiger charge is 2.34. The molecule has 5 nitrogen and oxygen atoms in total. The van der Waals surface area contributed by atoms with Gasteiger partial charge in [-0.25, -0.2) is 18.6 Å². The zero-order chi connectivity index (χ0) is 19.8. The summed E-state index contributed by atoms with van der Waals surface area (Å²) < 4.78 is 67.7. The van der Waals surface area contributed by atoms with Crippen LogP contribution in [0, 0.1) is 11.6 Å². The van der Waals surface area contributed by atoms with Crippen LogP contribution < -0.4 is 5.32 Å². The van der Waals surface area contributed by atoms with Gasteiger partial charge in [0.15, 0.2) is 11.6 Å². The average Bonchev–Trinajstić information content (AvgIpc) is 2.83. The fourth-order valence-corrected chi connectivity index (χ4v) is 3.45. The molecule has 2 atom stereocenters. The van der Waals surface area contributed by atoms with Crippen molar-refractivity contribution in [1.29, 1.82) is 0 Å². The molecule has 0 saturated heterocycles. The average molecular weight is 389 g/mol. The third kappa shape index (κ3) is 4.20. The van der Waals surface area contributed by atoms with E-state index in [0.717, 1.165) is 12.3 Å². The molecule has 0 fully saturated rings. The number of fused-ring (bicyclic) bond motifs is 1. The molecule has 10 heteroatoms. The fraction of sp³-hybridized carbons (Fsp3) is 0.412. The van der Waals surface area contributed by atoms with E-state index in [0.29, 0.717) is 0 Å². The second kappa shape index (κ2) is 7.16. The van der Waals surface area contributed by atoms with Gasteiger partial charge in [0.2, 0.25) is 0 Å². The first-order valence-electron chi connectivity index (χ1n) is 8.20. The molecular weight excluding hydrogens is 373 g/mol. The summed E-state index contributed by atoms with van der Waals surface area (Å²) in [5.74, 6) is -2.58. The van der Waals surface area contributed by atoms with E-state index < -0.39 is 42.3 Å². The van der Waals surface area contributed by atoms with Gasteiger partial charge in [-0.1, -0.05) is 12.1 Å². The van der Waals surface area contributed by atoms with Gasteiger partial charge in [-0.3, -0.25) is 0 Å². The SMILES string of the molecule is O=C(O)N[C@@H]1CC[C@@H](c2cccc(F)c2F)Cn2c(CC(F)(F)F)cnc21. The molecular formula is C17H16F5N3O2. The van der Waals surface area contributed by atoms with Crippen molar-refractivity contribution in [2.75, 3.05) is 0 Å². The Labute approximate surface area is 150 Å². The van der Waals surface area contributed by atoms with Crippen molar-refractivity contribution in [3.63, 3.8) is 0 Å². The van der Waals surface area contributed by atoms with E-state index in [1.165, 1.54) is 16.7 Å². The van der Waals surface area contributed by atoms with E-state index in [1.807, 2.05) is 0 Å². The number of nitrogens with zero attached hydrogens (tertiary/aromatic N) is 2. The number of halogens is 5. The first kappa shape index (κ1) is 19.1. The van der Waals surface area contributed by atoms with E-state index in [1.54, 1.807) is 0 Å². The number of amides is 1. The number of hydrogen-bond donors (Lipinski definition) is 2. The van der Waals surface area contributed by atoms with Crippen LogP contribution in [0.1, 0.15) is 41.9 Å². The zero-order valence-electron chi connectivity index (χ0n) is 13.9. The molecule has 0 saturated carbocycles. The quantitative estimate of drug-likeness (QED) is 0.775. The third-order valence-electron chi connectivity index (χ3n) is 4.59. The highest BCUT2D eigenvalue weighted by Crippen LogP contribution is 2.36. The summed E-state index contributed by atoms with van der Waals surface area (Å²) in [5.41, 5.74) is -0.109. The highest BCUT2D eigenvalue weighted by atomic mass is 19.4. The van der Waals surface area contributed by atoms with Crippen LogP contribution in [0.15, 0.2) is 24.4 Å². The summed E-state index contributed by atoms with van der Waals surface area (Å²) in [6.45, 7) is -0.0566. The van der Waals surface area contributed by atoms with Crippen molar-refractivity contribution in [2.45, 2.75) is 43.9 Å². The molecule has 3 rings (SSSR count). The Kier molecular flexibility index (Phi) is 5.07. The lowest BCUT2D eigenvalue weighted by molar-refractivity contribution is -0.128. The van der Waals surface area contributed by atoms with Crippen molar-refractivity contribution in [3.8, 4) is 0 Å². The molecule has 0 aliphatic carbocycles. The van der Waals surface area contributed by atoms with Crippen LogP contribution in [0.4, 0.5) is 26.7 Å². The number of carbonyl (C=O) groups is 1. The van der Waals surface area contributed by atoms with Gasteiger partial charge in [-0.05, 0) is 24.5 Å². The van der Waals surface area contributed by atoms with Gasteiger partial charge in [0.25, 0.3) is 0 Å². The zero-order valence-corrected chi connectivity index (χ0v) is 13.9. The summed E-state index contributed by atoms with van der Waals surface area (Å²) in [5, 5.41) is 11.2. The van der Waals surface area contributed by atoms with Gasteiger partial charge in [0.05, 0.1) is 12.5 Å². The van der Waals surface area contributed by atoms with E-state index in [4.69, 9.17) is 5.11 Å². The Bertz CT molecular complexity index is 850. The maximum absolute atomic E-state index is 14.2. The van der Waals surface area contributed by atoms with E-state index in [-0.39, 0.29) is 36.5 Å². The highest BCUT2D eigenvalue weighted by molar-refractivity contribution is 5.65. The molecule has 0 spiro atoms. The second-order valence-corrected chi connectivity index (χ2v) is 6.43. The molecule has 2 N–H and O–H groups in total. The Morgan fingerprint density at radius 1 is 1.30 bits per heavy atom. The summed E-state index contributed by atoms with van der Waals surface area (Å²) in [6, 6.07) is 2.83. The van der Waals surface area contributed by atoms with E-state index in [2.05, 4.69) is 10.3 Å². The summed E-state index contributed by atoms with van der Waals surface area (Å²) in [7, 11) is 0. The molecule has 2 aromatic rings. The molecule has 27 heavy (non-hydrogen) atoms. The van der Waals surface area contributed by atoms with Crippen LogP contribution in [0.5, 0.6) is 0 Å². The van der Waals surface area contributed by atoms with Crippen LogP contribution in [-0.4, -0.2) is 26.9 Å². The third-order valence-corrected chi connectivity index (χ3v) is 4.59. The van der Waals surface area contributed by atoms with Crippen LogP contribution in [0.25, 0.3) is 0 Å². The first-order chi connectivity index (χ1) is 12.7. The molecule has 146 valence electrons. The molecule has 0 bridgehead atoms. The lowest BCUT2D eigenvalue weighted by Gasteiger charge is -2.19. The largest absolute Gasteiger partial charge is 0.465 e. The second-order valence-electron chi connectivity index (χ2n) is 6.43. The summed E-state index contributed by atoms with van der Waals surface area (Å²) >= 11 is 0. The van der Waals surface area contributed by atoms with Gasteiger partial charge in [0.1, 0.15) is 5.82 Å². The number of alkyl halides is 3. The van der Waals surface area contributed by atoms with Crippen LogP contribution >= 0.6 is 0 Å². The number of rotatable bonds is 3. The molecule has 0 radical (unpaired) electrons. The van der Waals surface area contributed by atoms with E-state index >= 15 is 0 Å². The minimum Gasteiger partial charge on any atom is -0.465 e. The Morgan fingerprint density at radius 3 is 2.70 bits per heavy atom. The van der Waals surface area contributed by atoms with Crippen molar-refractivity contribution in [3.05, 3.63) is 53.1 Å². The minimum absolute atomic E-state index is 0.0450. The first-order valence-corrected chi connectivity index (χ1v) is 8.20.